The Kier molecular flexibility index (Phi) is 3.51. The first-order chi connectivity index (χ1) is 9.36. The van der Waals surface area contributed by atoms with E-state index in [1.54, 1.807) is 0 Å². The predicted octanol–water partition coefficient (Wildman–Crippen LogP) is 3.71. The Morgan fingerprint density at radius 3 is 2.26 bits per heavy atom. The van der Waals surface area contributed by atoms with E-state index in [2.05, 4.69) is 29.6 Å². The summed E-state index contributed by atoms with van der Waals surface area (Å²) in [5.74, 6) is 0.781. The number of aliphatic hydroxyl groups is 1. The third-order valence-electron chi connectivity index (χ3n) is 3.68. The number of hydrogen-bond donors (Lipinski definition) is 2. The number of nitrogens with one attached hydrogen (secondary N) is 1. The molecule has 3 rings (SSSR count). The molecule has 19 heavy (non-hydrogen) atoms. The number of para-hydroxylation sites is 1. The van der Waals surface area contributed by atoms with Gasteiger partial charge in [0.25, 0.3) is 0 Å². The van der Waals surface area contributed by atoms with Crippen molar-refractivity contribution in [1.29, 1.82) is 0 Å². The molecule has 1 aliphatic rings. The summed E-state index contributed by atoms with van der Waals surface area (Å²) in [6.07, 6.45) is 2.65. The maximum absolute atomic E-state index is 9.57. The fourth-order valence-electron chi connectivity index (χ4n) is 2.39. The van der Waals surface area contributed by atoms with E-state index >= 15 is 0 Å². The van der Waals surface area contributed by atoms with Crippen molar-refractivity contribution in [2.75, 3.05) is 11.9 Å². The van der Waals surface area contributed by atoms with E-state index in [9.17, 15) is 5.11 Å². The Hall–Kier alpha value is -1.80. The molecule has 2 nitrogen and oxygen atoms in total. The molecule has 1 aliphatic carbocycles. The lowest BCUT2D eigenvalue weighted by atomic mass is 10.0. The monoisotopic (exact) mass is 253 g/mol. The van der Waals surface area contributed by atoms with E-state index in [4.69, 9.17) is 0 Å². The zero-order chi connectivity index (χ0) is 13.1. The van der Waals surface area contributed by atoms with Gasteiger partial charge >= 0.3 is 0 Å². The molecular weight excluding hydrogens is 234 g/mol. The van der Waals surface area contributed by atoms with Crippen LogP contribution in [0.2, 0.25) is 0 Å². The van der Waals surface area contributed by atoms with Crippen molar-refractivity contribution in [3.05, 3.63) is 65.7 Å². The molecule has 0 spiro atoms. The number of anilines is 1. The quantitative estimate of drug-likeness (QED) is 0.851. The smallest absolute Gasteiger partial charge is 0.0745 e. The van der Waals surface area contributed by atoms with Gasteiger partial charge in [0.1, 0.15) is 0 Å². The Morgan fingerprint density at radius 2 is 1.68 bits per heavy atom. The van der Waals surface area contributed by atoms with E-state index in [-0.39, 0.29) is 12.6 Å². The van der Waals surface area contributed by atoms with Crippen LogP contribution in [0, 0.1) is 0 Å². The molecule has 2 N–H and O–H groups in total. The van der Waals surface area contributed by atoms with Crippen LogP contribution >= 0.6 is 0 Å². The number of hydrogen-bond acceptors (Lipinski definition) is 2. The topological polar surface area (TPSA) is 32.3 Å². The largest absolute Gasteiger partial charge is 0.394 e. The molecule has 0 radical (unpaired) electrons. The summed E-state index contributed by atoms with van der Waals surface area (Å²) in [5.41, 5.74) is 3.60. The molecule has 1 unspecified atom stereocenters. The molecule has 0 amide bonds. The minimum atomic E-state index is -0.0457. The molecule has 2 aromatic rings. The first-order valence-corrected chi connectivity index (χ1v) is 6.89. The van der Waals surface area contributed by atoms with Crippen LogP contribution in [0.1, 0.15) is 35.9 Å². The lowest BCUT2D eigenvalue weighted by Crippen LogP contribution is -2.14. The molecule has 1 saturated carbocycles. The van der Waals surface area contributed by atoms with Gasteiger partial charge in [0.05, 0.1) is 12.6 Å². The highest BCUT2D eigenvalue weighted by Crippen LogP contribution is 2.40. The van der Waals surface area contributed by atoms with Crippen molar-refractivity contribution in [2.45, 2.75) is 24.8 Å². The average Bonchev–Trinajstić information content (AvgIpc) is 3.31. The molecule has 0 aromatic heterocycles. The van der Waals surface area contributed by atoms with Crippen LogP contribution < -0.4 is 5.32 Å². The molecular formula is C17H19NO. The Balaban J connectivity index is 1.74. The minimum Gasteiger partial charge on any atom is -0.394 e. The predicted molar refractivity (Wildman–Crippen MR) is 78.3 cm³/mol. The first-order valence-electron chi connectivity index (χ1n) is 6.89. The summed E-state index contributed by atoms with van der Waals surface area (Å²) in [7, 11) is 0. The zero-order valence-corrected chi connectivity index (χ0v) is 10.9. The van der Waals surface area contributed by atoms with Gasteiger partial charge in [-0.25, -0.2) is 0 Å². The first kappa shape index (κ1) is 12.2. The van der Waals surface area contributed by atoms with Crippen LogP contribution in [0.3, 0.4) is 0 Å². The highest BCUT2D eigenvalue weighted by Gasteiger charge is 2.23. The Morgan fingerprint density at radius 1 is 1.00 bits per heavy atom. The minimum absolute atomic E-state index is 0.0457. The molecule has 98 valence electrons. The second-order valence-electron chi connectivity index (χ2n) is 5.19. The molecule has 0 aliphatic heterocycles. The molecule has 2 aromatic carbocycles. The van der Waals surface area contributed by atoms with E-state index in [1.165, 1.54) is 18.4 Å². The second-order valence-corrected chi connectivity index (χ2v) is 5.19. The number of benzene rings is 2. The van der Waals surface area contributed by atoms with Gasteiger partial charge in [-0.3, -0.25) is 0 Å². The highest BCUT2D eigenvalue weighted by atomic mass is 16.3. The summed E-state index contributed by atoms with van der Waals surface area (Å²) in [4.78, 5) is 0. The van der Waals surface area contributed by atoms with Crippen LogP contribution in [0.15, 0.2) is 54.6 Å². The van der Waals surface area contributed by atoms with Gasteiger partial charge in [-0.05, 0) is 42.0 Å². The van der Waals surface area contributed by atoms with Crippen molar-refractivity contribution >= 4 is 5.69 Å². The molecule has 0 saturated heterocycles. The van der Waals surface area contributed by atoms with Gasteiger partial charge in [0.2, 0.25) is 0 Å². The number of aliphatic hydroxyl groups excluding tert-OH is 1. The lowest BCUT2D eigenvalue weighted by molar-refractivity contribution is 0.276. The van der Waals surface area contributed by atoms with Crippen LogP contribution in [0.25, 0.3) is 0 Å². The third-order valence-corrected chi connectivity index (χ3v) is 3.68. The summed E-state index contributed by atoms with van der Waals surface area (Å²) < 4.78 is 0. The van der Waals surface area contributed by atoms with Gasteiger partial charge in [-0.1, -0.05) is 42.5 Å². The zero-order valence-electron chi connectivity index (χ0n) is 10.9. The average molecular weight is 253 g/mol. The van der Waals surface area contributed by atoms with Crippen molar-refractivity contribution in [3.8, 4) is 0 Å². The van der Waals surface area contributed by atoms with Crippen LogP contribution in [0.4, 0.5) is 5.69 Å². The normalized spacial score (nSPS) is 16.1. The molecule has 1 fully saturated rings. The maximum atomic E-state index is 9.57. The fourth-order valence-corrected chi connectivity index (χ4v) is 2.39. The van der Waals surface area contributed by atoms with Crippen LogP contribution in [0.5, 0.6) is 0 Å². The molecule has 0 heterocycles. The van der Waals surface area contributed by atoms with Gasteiger partial charge in [0, 0.05) is 5.69 Å². The Bertz CT molecular complexity index is 517. The van der Waals surface area contributed by atoms with Crippen molar-refractivity contribution < 1.29 is 5.11 Å². The van der Waals surface area contributed by atoms with Gasteiger partial charge in [-0.15, -0.1) is 0 Å². The summed E-state index contributed by atoms with van der Waals surface area (Å²) in [5, 5.41) is 12.9. The SMILES string of the molecule is OCC(Nc1ccccc1)c1ccc(C2CC2)cc1. The lowest BCUT2D eigenvalue weighted by Gasteiger charge is -2.18. The Labute approximate surface area is 114 Å². The fraction of sp³-hybridized carbons (Fsp3) is 0.294. The van der Waals surface area contributed by atoms with E-state index in [1.807, 2.05) is 30.3 Å². The van der Waals surface area contributed by atoms with Gasteiger partial charge < -0.3 is 10.4 Å². The van der Waals surface area contributed by atoms with Gasteiger partial charge in [-0.2, -0.15) is 0 Å². The van der Waals surface area contributed by atoms with Crippen molar-refractivity contribution in [1.82, 2.24) is 0 Å². The maximum Gasteiger partial charge on any atom is 0.0745 e. The van der Waals surface area contributed by atoms with Crippen LogP contribution in [-0.4, -0.2) is 11.7 Å². The molecule has 1 atom stereocenters. The second kappa shape index (κ2) is 5.45. The van der Waals surface area contributed by atoms with E-state index in [0.717, 1.165) is 17.2 Å². The van der Waals surface area contributed by atoms with Gasteiger partial charge in [0.15, 0.2) is 0 Å². The summed E-state index contributed by atoms with van der Waals surface area (Å²) in [6, 6.07) is 18.6. The number of rotatable bonds is 5. The van der Waals surface area contributed by atoms with Crippen molar-refractivity contribution in [2.24, 2.45) is 0 Å². The highest BCUT2D eigenvalue weighted by molar-refractivity contribution is 5.45. The summed E-state index contributed by atoms with van der Waals surface area (Å²) >= 11 is 0. The van der Waals surface area contributed by atoms with E-state index < -0.39 is 0 Å². The summed E-state index contributed by atoms with van der Waals surface area (Å²) in [6.45, 7) is 0.0949. The van der Waals surface area contributed by atoms with E-state index in [0.29, 0.717) is 0 Å². The third kappa shape index (κ3) is 2.96. The standard InChI is InChI=1S/C17H19NO/c19-12-17(18-16-4-2-1-3-5-16)15-10-8-14(9-11-15)13-6-7-13/h1-5,8-11,13,17-19H,6-7,12H2. The van der Waals surface area contributed by atoms with Crippen LogP contribution in [-0.2, 0) is 0 Å². The molecule has 2 heteroatoms. The van der Waals surface area contributed by atoms with Crippen molar-refractivity contribution in [3.63, 3.8) is 0 Å². The molecule has 0 bridgehead atoms.